The Labute approximate surface area is 150 Å². The van der Waals surface area contributed by atoms with E-state index >= 15 is 0 Å². The van der Waals surface area contributed by atoms with Crippen LogP contribution in [0, 0.1) is 0 Å². The van der Waals surface area contributed by atoms with Crippen molar-refractivity contribution in [2.24, 2.45) is 0 Å². The molecule has 0 unspecified atom stereocenters. The molecule has 1 fully saturated rings. The van der Waals surface area contributed by atoms with E-state index in [1.807, 2.05) is 41.3 Å². The second-order valence-corrected chi connectivity index (χ2v) is 8.31. The number of amides is 1. The number of nitrogens with zero attached hydrogens (tertiary/aromatic N) is 2. The highest BCUT2D eigenvalue weighted by molar-refractivity contribution is 8.00. The largest absolute Gasteiger partial charge is 0.339 e. The molecule has 0 spiro atoms. The molecule has 1 aliphatic rings. The Balaban J connectivity index is 1.42. The Morgan fingerprint density at radius 2 is 1.83 bits per heavy atom. The number of hydrogen-bond acceptors (Lipinski definition) is 4. The summed E-state index contributed by atoms with van der Waals surface area (Å²) in [5.74, 6) is 0.752. The quantitative estimate of drug-likeness (QED) is 0.751. The number of piperazine rings is 1. The first-order valence-corrected chi connectivity index (χ1v) is 9.81. The van der Waals surface area contributed by atoms with Crippen LogP contribution in [0.1, 0.15) is 4.88 Å². The average molecular weight is 367 g/mol. The van der Waals surface area contributed by atoms with Gasteiger partial charge in [0.2, 0.25) is 5.91 Å². The van der Waals surface area contributed by atoms with E-state index in [9.17, 15) is 4.79 Å². The van der Waals surface area contributed by atoms with E-state index in [1.54, 1.807) is 23.1 Å². The molecule has 3 nitrogen and oxygen atoms in total. The molecule has 1 amide bonds. The number of halogens is 1. The van der Waals surface area contributed by atoms with Crippen LogP contribution in [-0.2, 0) is 11.3 Å². The first kappa shape index (κ1) is 16.8. The van der Waals surface area contributed by atoms with Gasteiger partial charge >= 0.3 is 0 Å². The van der Waals surface area contributed by atoms with Crippen LogP contribution in [0.5, 0.6) is 0 Å². The first-order chi connectivity index (χ1) is 11.2. The fourth-order valence-electron chi connectivity index (χ4n) is 2.57. The maximum atomic E-state index is 12.3. The summed E-state index contributed by atoms with van der Waals surface area (Å²) in [5, 5.41) is 0. The summed E-state index contributed by atoms with van der Waals surface area (Å²) < 4.78 is 0.840. The van der Waals surface area contributed by atoms with Gasteiger partial charge in [0.1, 0.15) is 0 Å². The highest BCUT2D eigenvalue weighted by atomic mass is 35.5. The summed E-state index contributed by atoms with van der Waals surface area (Å²) in [7, 11) is 0. The normalized spacial score (nSPS) is 15.8. The molecule has 0 atom stereocenters. The van der Waals surface area contributed by atoms with Gasteiger partial charge in [0.25, 0.3) is 0 Å². The predicted molar refractivity (Wildman–Crippen MR) is 98.4 cm³/mol. The van der Waals surface area contributed by atoms with Gasteiger partial charge in [-0.25, -0.2) is 0 Å². The highest BCUT2D eigenvalue weighted by Crippen LogP contribution is 2.23. The van der Waals surface area contributed by atoms with Crippen LogP contribution in [0.2, 0.25) is 4.34 Å². The van der Waals surface area contributed by atoms with E-state index in [1.165, 1.54) is 4.88 Å². The average Bonchev–Trinajstić information content (AvgIpc) is 2.99. The van der Waals surface area contributed by atoms with Gasteiger partial charge in [-0.1, -0.05) is 29.8 Å². The van der Waals surface area contributed by atoms with Gasteiger partial charge < -0.3 is 4.90 Å². The van der Waals surface area contributed by atoms with Gasteiger partial charge in [0.05, 0.1) is 10.1 Å². The topological polar surface area (TPSA) is 23.6 Å². The number of benzene rings is 1. The fraction of sp³-hybridized carbons (Fsp3) is 0.353. The number of thioether (sulfide) groups is 1. The Kier molecular flexibility index (Phi) is 6.00. The minimum absolute atomic E-state index is 0.234. The maximum absolute atomic E-state index is 12.3. The smallest absolute Gasteiger partial charge is 0.233 e. The Bertz CT molecular complexity index is 639. The molecule has 0 aliphatic carbocycles. The van der Waals surface area contributed by atoms with Crippen molar-refractivity contribution in [1.82, 2.24) is 9.80 Å². The zero-order valence-corrected chi connectivity index (χ0v) is 15.2. The molecule has 3 rings (SSSR count). The highest BCUT2D eigenvalue weighted by Gasteiger charge is 2.21. The monoisotopic (exact) mass is 366 g/mol. The zero-order valence-electron chi connectivity index (χ0n) is 12.8. The summed E-state index contributed by atoms with van der Waals surface area (Å²) in [6.07, 6.45) is 0. The Morgan fingerprint density at radius 3 is 2.48 bits per heavy atom. The SMILES string of the molecule is O=C(CSc1ccccc1)N1CCN(Cc2ccc(Cl)s2)CC1. The molecular weight excluding hydrogens is 348 g/mol. The molecule has 0 saturated carbocycles. The molecule has 122 valence electrons. The third-order valence-corrected chi connectivity index (χ3v) is 6.05. The van der Waals surface area contributed by atoms with E-state index in [0.717, 1.165) is 42.0 Å². The van der Waals surface area contributed by atoms with Crippen LogP contribution in [-0.4, -0.2) is 47.6 Å². The van der Waals surface area contributed by atoms with Crippen LogP contribution in [0.4, 0.5) is 0 Å². The summed E-state index contributed by atoms with van der Waals surface area (Å²) in [5.41, 5.74) is 0. The molecule has 2 heterocycles. The number of carbonyl (C=O) groups is 1. The van der Waals surface area contributed by atoms with Gasteiger partial charge in [0, 0.05) is 42.5 Å². The molecule has 23 heavy (non-hydrogen) atoms. The lowest BCUT2D eigenvalue weighted by Gasteiger charge is -2.34. The van der Waals surface area contributed by atoms with Gasteiger partial charge in [-0.3, -0.25) is 9.69 Å². The Morgan fingerprint density at radius 1 is 1.09 bits per heavy atom. The number of hydrogen-bond donors (Lipinski definition) is 0. The van der Waals surface area contributed by atoms with Gasteiger partial charge in [0.15, 0.2) is 0 Å². The second-order valence-electron chi connectivity index (χ2n) is 5.46. The van der Waals surface area contributed by atoms with E-state index < -0.39 is 0 Å². The first-order valence-electron chi connectivity index (χ1n) is 7.63. The Hall–Kier alpha value is -1.01. The van der Waals surface area contributed by atoms with Crippen molar-refractivity contribution in [3.63, 3.8) is 0 Å². The van der Waals surface area contributed by atoms with Gasteiger partial charge in [-0.2, -0.15) is 0 Å². The van der Waals surface area contributed by atoms with Crippen molar-refractivity contribution >= 4 is 40.6 Å². The summed E-state index contributed by atoms with van der Waals surface area (Å²) in [6, 6.07) is 14.1. The van der Waals surface area contributed by atoms with Crippen molar-refractivity contribution < 1.29 is 4.79 Å². The molecule has 6 heteroatoms. The summed E-state index contributed by atoms with van der Waals surface area (Å²) in [6.45, 7) is 4.41. The molecule has 1 aromatic heterocycles. The molecule has 0 bridgehead atoms. The molecule has 1 aromatic carbocycles. The van der Waals surface area contributed by atoms with Crippen molar-refractivity contribution in [1.29, 1.82) is 0 Å². The van der Waals surface area contributed by atoms with E-state index in [4.69, 9.17) is 11.6 Å². The zero-order chi connectivity index (χ0) is 16.1. The third-order valence-electron chi connectivity index (χ3n) is 3.84. The maximum Gasteiger partial charge on any atom is 0.233 e. The van der Waals surface area contributed by atoms with Crippen molar-refractivity contribution in [3.05, 3.63) is 51.7 Å². The second kappa shape index (κ2) is 8.20. The molecular formula is C17H19ClN2OS2. The lowest BCUT2D eigenvalue weighted by atomic mass is 10.3. The summed E-state index contributed by atoms with van der Waals surface area (Å²) in [4.78, 5) is 19.1. The van der Waals surface area contributed by atoms with Gasteiger partial charge in [-0.05, 0) is 24.3 Å². The van der Waals surface area contributed by atoms with Crippen LogP contribution in [0.25, 0.3) is 0 Å². The standard InChI is InChI=1S/C17H19ClN2OS2/c18-16-7-6-15(23-16)12-19-8-10-20(11-9-19)17(21)13-22-14-4-2-1-3-5-14/h1-7H,8-13H2. The van der Waals surface area contributed by atoms with Gasteiger partial charge in [-0.15, -0.1) is 23.1 Å². The fourth-order valence-corrected chi connectivity index (χ4v) is 4.52. The minimum Gasteiger partial charge on any atom is -0.339 e. The lowest BCUT2D eigenvalue weighted by molar-refractivity contribution is -0.130. The van der Waals surface area contributed by atoms with E-state index in [2.05, 4.69) is 11.0 Å². The molecule has 2 aromatic rings. The van der Waals surface area contributed by atoms with Crippen molar-refractivity contribution in [3.8, 4) is 0 Å². The number of thiophene rings is 1. The third kappa shape index (κ3) is 4.98. The van der Waals surface area contributed by atoms with Crippen LogP contribution >= 0.6 is 34.7 Å². The van der Waals surface area contributed by atoms with E-state index in [0.29, 0.717) is 5.75 Å². The lowest BCUT2D eigenvalue weighted by Crippen LogP contribution is -2.48. The number of rotatable bonds is 5. The molecule has 0 N–H and O–H groups in total. The van der Waals surface area contributed by atoms with Crippen molar-refractivity contribution in [2.75, 3.05) is 31.9 Å². The predicted octanol–water partition coefficient (Wildman–Crippen LogP) is 3.84. The molecule has 0 radical (unpaired) electrons. The number of carbonyl (C=O) groups excluding carboxylic acids is 1. The van der Waals surface area contributed by atoms with Crippen LogP contribution < -0.4 is 0 Å². The van der Waals surface area contributed by atoms with Crippen LogP contribution in [0.15, 0.2) is 47.4 Å². The van der Waals surface area contributed by atoms with Crippen molar-refractivity contribution in [2.45, 2.75) is 11.4 Å². The molecule has 1 aliphatic heterocycles. The van der Waals surface area contributed by atoms with E-state index in [-0.39, 0.29) is 5.91 Å². The summed E-state index contributed by atoms with van der Waals surface area (Å²) >= 11 is 9.22. The van der Waals surface area contributed by atoms with Crippen LogP contribution in [0.3, 0.4) is 0 Å². The molecule has 1 saturated heterocycles. The minimum atomic E-state index is 0.234.